The second-order valence-electron chi connectivity index (χ2n) is 4.66. The molecule has 0 fully saturated rings. The minimum absolute atomic E-state index is 0. The van der Waals surface area contributed by atoms with Gasteiger partial charge >= 0.3 is 0 Å². The molecular weight excluding hydrogens is 301 g/mol. The third kappa shape index (κ3) is 1.89. The van der Waals surface area contributed by atoms with Crippen molar-refractivity contribution in [3.63, 3.8) is 0 Å². The molecule has 0 saturated heterocycles. The number of H-pyrrole nitrogens is 1. The molecule has 0 saturated carbocycles. The van der Waals surface area contributed by atoms with Gasteiger partial charge in [0.15, 0.2) is 0 Å². The summed E-state index contributed by atoms with van der Waals surface area (Å²) >= 11 is 0. The first-order chi connectivity index (χ1) is 8.13. The van der Waals surface area contributed by atoms with Crippen molar-refractivity contribution in [2.45, 2.75) is 18.9 Å². The summed E-state index contributed by atoms with van der Waals surface area (Å²) in [5, 5.41) is 4.43. The predicted molar refractivity (Wildman–Crippen MR) is 67.7 cm³/mol. The summed E-state index contributed by atoms with van der Waals surface area (Å²) in [5.41, 5.74) is 2.42. The number of carbonyl (C=O) groups is 1. The van der Waals surface area contributed by atoms with Gasteiger partial charge in [-0.05, 0) is 37.1 Å². The summed E-state index contributed by atoms with van der Waals surface area (Å²) in [6.45, 7) is 6.45. The molecule has 4 heteroatoms. The maximum Gasteiger partial charge on any atom is 0.125 e. The van der Waals surface area contributed by atoms with E-state index in [0.717, 1.165) is 24.2 Å². The van der Waals surface area contributed by atoms with Crippen LogP contribution in [0.1, 0.15) is 18.2 Å². The van der Waals surface area contributed by atoms with Crippen LogP contribution in [0.15, 0.2) is 24.3 Å². The molecule has 0 aliphatic carbocycles. The fourth-order valence-electron chi connectivity index (χ4n) is 2.61. The van der Waals surface area contributed by atoms with E-state index < -0.39 is 5.54 Å². The van der Waals surface area contributed by atoms with E-state index in [1.165, 1.54) is 10.9 Å². The zero-order chi connectivity index (χ0) is 12.0. The SMILES string of the molecule is [CH2-][C@@]1(C(C)=O)NCCc2c1[nH]c1ccccc21.[Y]. The normalized spacial score (nSPS) is 22.3. The van der Waals surface area contributed by atoms with E-state index in [0.29, 0.717) is 0 Å². The van der Waals surface area contributed by atoms with E-state index in [9.17, 15) is 4.79 Å². The van der Waals surface area contributed by atoms with Gasteiger partial charge in [0.2, 0.25) is 0 Å². The topological polar surface area (TPSA) is 44.9 Å². The number of para-hydroxylation sites is 1. The van der Waals surface area contributed by atoms with Crippen LogP contribution >= 0.6 is 0 Å². The first-order valence-corrected chi connectivity index (χ1v) is 5.84. The molecule has 1 radical (unpaired) electrons. The van der Waals surface area contributed by atoms with Gasteiger partial charge in [0.05, 0.1) is 0 Å². The minimum Gasteiger partial charge on any atom is -0.359 e. The van der Waals surface area contributed by atoms with E-state index in [1.807, 2.05) is 18.2 Å². The number of aromatic amines is 1. The Kier molecular flexibility index (Phi) is 3.77. The summed E-state index contributed by atoms with van der Waals surface area (Å²) in [7, 11) is 0. The second kappa shape index (κ2) is 4.88. The number of fused-ring (bicyclic) bond motifs is 3. The molecule has 2 N–H and O–H groups in total. The molecule has 18 heavy (non-hydrogen) atoms. The summed E-state index contributed by atoms with van der Waals surface area (Å²) in [6, 6.07) is 8.15. The Hall–Kier alpha value is -0.506. The van der Waals surface area contributed by atoms with E-state index in [-0.39, 0.29) is 38.5 Å². The van der Waals surface area contributed by atoms with Crippen molar-refractivity contribution in [3.05, 3.63) is 42.4 Å². The Morgan fingerprint density at radius 3 is 2.83 bits per heavy atom. The Labute approximate surface area is 132 Å². The molecule has 0 spiro atoms. The number of hydrogen-bond acceptors (Lipinski definition) is 2. The molecule has 91 valence electrons. The molecule has 1 aliphatic rings. The predicted octanol–water partition coefficient (Wildman–Crippen LogP) is 1.93. The maximum atomic E-state index is 11.8. The standard InChI is InChI=1S/C14H15N2O.Y/c1-9(17)14(2)13-11(7-8-15-14)10-5-3-4-6-12(10)16-13;/h3-6,15-16H,2,7-8H2,1H3;/q-1;/t14-;/m0./s1. The molecule has 3 nitrogen and oxygen atoms in total. The third-order valence-corrected chi connectivity index (χ3v) is 3.64. The van der Waals surface area contributed by atoms with E-state index in [2.05, 4.69) is 23.3 Å². The van der Waals surface area contributed by atoms with Crippen molar-refractivity contribution < 1.29 is 37.5 Å². The summed E-state index contributed by atoms with van der Waals surface area (Å²) in [5.74, 6) is 0.0463. The van der Waals surface area contributed by atoms with Gasteiger partial charge in [-0.2, -0.15) is 0 Å². The molecule has 0 amide bonds. The van der Waals surface area contributed by atoms with Crippen molar-refractivity contribution in [2.24, 2.45) is 0 Å². The summed E-state index contributed by atoms with van der Waals surface area (Å²) in [4.78, 5) is 15.2. The zero-order valence-electron chi connectivity index (χ0n) is 10.4. The molecule has 1 aromatic carbocycles. The second-order valence-corrected chi connectivity index (χ2v) is 4.66. The average Bonchev–Trinajstić information content (AvgIpc) is 2.70. The van der Waals surface area contributed by atoms with Crippen LogP contribution in [-0.2, 0) is 49.5 Å². The van der Waals surface area contributed by atoms with Crippen LogP contribution in [0.3, 0.4) is 0 Å². The van der Waals surface area contributed by atoms with Crippen LogP contribution in [0.25, 0.3) is 10.9 Å². The number of carbonyl (C=O) groups excluding carboxylic acids is 1. The molecule has 0 unspecified atom stereocenters. The fraction of sp³-hybridized carbons (Fsp3) is 0.286. The van der Waals surface area contributed by atoms with Crippen LogP contribution in [0.2, 0.25) is 0 Å². The van der Waals surface area contributed by atoms with Gasteiger partial charge in [-0.1, -0.05) is 18.2 Å². The number of hydrogen-bond donors (Lipinski definition) is 2. The van der Waals surface area contributed by atoms with E-state index >= 15 is 0 Å². The molecule has 2 heterocycles. The van der Waals surface area contributed by atoms with Crippen molar-refractivity contribution in [2.75, 3.05) is 6.54 Å². The first kappa shape index (κ1) is 13.9. The van der Waals surface area contributed by atoms with Gasteiger partial charge < -0.3 is 22.0 Å². The van der Waals surface area contributed by atoms with Crippen molar-refractivity contribution in [1.29, 1.82) is 0 Å². The quantitative estimate of drug-likeness (QED) is 0.790. The molecule has 1 aromatic heterocycles. The minimum atomic E-state index is -0.813. The number of nitrogens with one attached hydrogen (secondary N) is 2. The average molecular weight is 316 g/mol. The van der Waals surface area contributed by atoms with E-state index in [1.54, 1.807) is 6.92 Å². The van der Waals surface area contributed by atoms with Crippen LogP contribution in [-0.4, -0.2) is 17.3 Å². The Bertz CT molecular complexity index is 605. The van der Waals surface area contributed by atoms with Crippen LogP contribution in [0.4, 0.5) is 0 Å². The van der Waals surface area contributed by atoms with Gasteiger partial charge in [-0.3, -0.25) is 0 Å². The number of ketones is 1. The Morgan fingerprint density at radius 2 is 2.11 bits per heavy atom. The van der Waals surface area contributed by atoms with Crippen molar-refractivity contribution >= 4 is 16.7 Å². The molecule has 1 aliphatic heterocycles. The zero-order valence-corrected chi connectivity index (χ0v) is 13.3. The van der Waals surface area contributed by atoms with Gasteiger partial charge in [-0.25, -0.2) is 0 Å². The fourth-order valence-corrected chi connectivity index (χ4v) is 2.61. The summed E-state index contributed by atoms with van der Waals surface area (Å²) in [6.07, 6.45) is 0.934. The van der Waals surface area contributed by atoms with Gasteiger partial charge in [0, 0.05) is 49.3 Å². The molecule has 1 atom stereocenters. The molecular formula is C14H15N2OY-. The Morgan fingerprint density at radius 1 is 1.39 bits per heavy atom. The number of rotatable bonds is 1. The van der Waals surface area contributed by atoms with Crippen LogP contribution < -0.4 is 5.32 Å². The third-order valence-electron chi connectivity index (χ3n) is 3.64. The van der Waals surface area contributed by atoms with Crippen molar-refractivity contribution in [1.82, 2.24) is 10.3 Å². The smallest absolute Gasteiger partial charge is 0.125 e. The number of aromatic nitrogens is 1. The van der Waals surface area contributed by atoms with Crippen LogP contribution in [0.5, 0.6) is 0 Å². The molecule has 3 rings (SSSR count). The van der Waals surface area contributed by atoms with Gasteiger partial charge in [0.1, 0.15) is 5.78 Å². The van der Waals surface area contributed by atoms with Gasteiger partial charge in [-0.15, -0.1) is 0 Å². The largest absolute Gasteiger partial charge is 0.359 e. The molecule has 0 bridgehead atoms. The van der Waals surface area contributed by atoms with Crippen molar-refractivity contribution in [3.8, 4) is 0 Å². The first-order valence-electron chi connectivity index (χ1n) is 5.84. The van der Waals surface area contributed by atoms with Crippen LogP contribution in [0, 0.1) is 6.92 Å². The number of Topliss-reactive ketones (excluding diaryl/α,β-unsaturated/α-hetero) is 1. The van der Waals surface area contributed by atoms with Gasteiger partial charge in [0.25, 0.3) is 0 Å². The monoisotopic (exact) mass is 316 g/mol. The summed E-state index contributed by atoms with van der Waals surface area (Å²) < 4.78 is 0. The number of benzene rings is 1. The Balaban J connectivity index is 0.00000120. The maximum absolute atomic E-state index is 11.8. The van der Waals surface area contributed by atoms with E-state index in [4.69, 9.17) is 0 Å². The molecule has 2 aromatic rings.